The minimum Gasteiger partial charge on any atom is -0.320 e. The van der Waals surface area contributed by atoms with E-state index in [0.29, 0.717) is 24.2 Å². The van der Waals surface area contributed by atoms with Crippen LogP contribution < -0.4 is 5.73 Å². The summed E-state index contributed by atoms with van der Waals surface area (Å²) in [7, 11) is 0. The minimum atomic E-state index is -0.267. The van der Waals surface area contributed by atoms with Crippen LogP contribution in [0.15, 0.2) is 18.2 Å². The van der Waals surface area contributed by atoms with Crippen LogP contribution >= 0.6 is 0 Å². The summed E-state index contributed by atoms with van der Waals surface area (Å²) in [6.45, 7) is 6.05. The van der Waals surface area contributed by atoms with E-state index in [9.17, 15) is 4.39 Å². The normalized spacial score (nSPS) is 11.6. The molecule has 2 N–H and O–H groups in total. The van der Waals surface area contributed by atoms with Gasteiger partial charge < -0.3 is 5.73 Å². The van der Waals surface area contributed by atoms with E-state index in [0.717, 1.165) is 6.54 Å². The van der Waals surface area contributed by atoms with Gasteiger partial charge in [-0.15, -0.1) is 0 Å². The molecule has 0 saturated heterocycles. The molecule has 0 fully saturated rings. The molecule has 0 radical (unpaired) electrons. The highest BCUT2D eigenvalue weighted by molar-refractivity contribution is 5.37. The van der Waals surface area contributed by atoms with E-state index in [-0.39, 0.29) is 18.3 Å². The highest BCUT2D eigenvalue weighted by Crippen LogP contribution is 2.13. The lowest BCUT2D eigenvalue weighted by molar-refractivity contribution is 0.257. The zero-order valence-corrected chi connectivity index (χ0v) is 12.0. The molecule has 0 aliphatic carbocycles. The van der Waals surface area contributed by atoms with Gasteiger partial charge in [-0.1, -0.05) is 24.8 Å². The standard InChI is InChI=1S/C16H20FN3/c1-3-20(11-13(2)10-19)12-15-7-6-14(5-4-8-18)9-16(15)17/h6-7,9,13H,3,8,11-12,18H2,1-2H3. The SMILES string of the molecule is CCN(Cc1ccc(C#CCN)cc1F)CC(C)C#N. The molecule has 4 heteroatoms. The summed E-state index contributed by atoms with van der Waals surface area (Å²) in [6.07, 6.45) is 0. The first kappa shape index (κ1) is 16.2. The van der Waals surface area contributed by atoms with E-state index in [1.54, 1.807) is 12.1 Å². The van der Waals surface area contributed by atoms with Crippen LogP contribution in [0.25, 0.3) is 0 Å². The zero-order valence-electron chi connectivity index (χ0n) is 12.0. The number of nitriles is 1. The molecule has 0 bridgehead atoms. The van der Waals surface area contributed by atoms with Crippen molar-refractivity contribution in [3.05, 3.63) is 35.1 Å². The van der Waals surface area contributed by atoms with Crippen molar-refractivity contribution in [2.45, 2.75) is 20.4 Å². The summed E-state index contributed by atoms with van der Waals surface area (Å²) in [4.78, 5) is 2.05. The van der Waals surface area contributed by atoms with E-state index in [2.05, 4.69) is 22.8 Å². The van der Waals surface area contributed by atoms with E-state index in [4.69, 9.17) is 11.0 Å². The molecule has 1 atom stereocenters. The lowest BCUT2D eigenvalue weighted by Crippen LogP contribution is -2.28. The predicted octanol–water partition coefficient (Wildman–Crippen LogP) is 2.12. The summed E-state index contributed by atoms with van der Waals surface area (Å²) in [6, 6.07) is 7.17. The fraction of sp³-hybridized carbons (Fsp3) is 0.438. The summed E-state index contributed by atoms with van der Waals surface area (Å²) in [5, 5.41) is 8.84. The van der Waals surface area contributed by atoms with Crippen molar-refractivity contribution in [3.8, 4) is 17.9 Å². The molecule has 106 valence electrons. The maximum atomic E-state index is 14.0. The van der Waals surface area contributed by atoms with Crippen LogP contribution in [0.3, 0.4) is 0 Å². The maximum Gasteiger partial charge on any atom is 0.128 e. The largest absolute Gasteiger partial charge is 0.320 e. The van der Waals surface area contributed by atoms with Crippen molar-refractivity contribution in [3.63, 3.8) is 0 Å². The minimum absolute atomic E-state index is 0.0623. The number of hydrogen-bond donors (Lipinski definition) is 1. The Hall–Kier alpha value is -1.88. The smallest absolute Gasteiger partial charge is 0.128 e. The average molecular weight is 273 g/mol. The molecule has 0 saturated carbocycles. The van der Waals surface area contributed by atoms with Gasteiger partial charge in [0.1, 0.15) is 5.82 Å². The van der Waals surface area contributed by atoms with Gasteiger partial charge in [0.2, 0.25) is 0 Å². The Morgan fingerprint density at radius 3 is 2.75 bits per heavy atom. The van der Waals surface area contributed by atoms with Gasteiger partial charge in [-0.05, 0) is 25.6 Å². The molecule has 0 aromatic heterocycles. The molecule has 1 aromatic carbocycles. The van der Waals surface area contributed by atoms with Crippen molar-refractivity contribution >= 4 is 0 Å². The fourth-order valence-corrected chi connectivity index (χ4v) is 1.88. The van der Waals surface area contributed by atoms with Crippen LogP contribution in [0.2, 0.25) is 0 Å². The van der Waals surface area contributed by atoms with Crippen LogP contribution in [0, 0.1) is 34.9 Å². The fourth-order valence-electron chi connectivity index (χ4n) is 1.88. The molecule has 3 nitrogen and oxygen atoms in total. The Labute approximate surface area is 120 Å². The third-order valence-corrected chi connectivity index (χ3v) is 2.98. The molecule has 0 heterocycles. The number of halogens is 1. The third kappa shape index (κ3) is 5.01. The van der Waals surface area contributed by atoms with Crippen molar-refractivity contribution < 1.29 is 4.39 Å². The molecule has 1 rings (SSSR count). The van der Waals surface area contributed by atoms with Crippen LogP contribution in [-0.4, -0.2) is 24.5 Å². The Bertz CT molecular complexity index is 537. The van der Waals surface area contributed by atoms with E-state index in [1.165, 1.54) is 6.07 Å². The summed E-state index contributed by atoms with van der Waals surface area (Å²) in [5.74, 6) is 5.18. The van der Waals surface area contributed by atoms with Gasteiger partial charge >= 0.3 is 0 Å². The topological polar surface area (TPSA) is 53.0 Å². The predicted molar refractivity (Wildman–Crippen MR) is 78.1 cm³/mol. The average Bonchev–Trinajstić information content (AvgIpc) is 2.46. The van der Waals surface area contributed by atoms with Gasteiger partial charge in [-0.3, -0.25) is 4.90 Å². The first-order valence-electron chi connectivity index (χ1n) is 6.70. The molecule has 0 amide bonds. The summed E-state index contributed by atoms with van der Waals surface area (Å²) >= 11 is 0. The molecular formula is C16H20FN3. The Morgan fingerprint density at radius 1 is 1.45 bits per heavy atom. The van der Waals surface area contributed by atoms with Crippen molar-refractivity contribution in [1.82, 2.24) is 4.90 Å². The van der Waals surface area contributed by atoms with Crippen LogP contribution in [-0.2, 0) is 6.54 Å². The van der Waals surface area contributed by atoms with Gasteiger partial charge in [-0.2, -0.15) is 5.26 Å². The Kier molecular flexibility index (Phi) is 6.73. The second kappa shape index (κ2) is 8.32. The second-order valence-corrected chi connectivity index (χ2v) is 4.67. The number of nitrogens with zero attached hydrogens (tertiary/aromatic N) is 2. The first-order valence-corrected chi connectivity index (χ1v) is 6.70. The van der Waals surface area contributed by atoms with Gasteiger partial charge in [0.15, 0.2) is 0 Å². The van der Waals surface area contributed by atoms with Crippen molar-refractivity contribution in [1.29, 1.82) is 5.26 Å². The molecular weight excluding hydrogens is 253 g/mol. The van der Waals surface area contributed by atoms with Crippen LogP contribution in [0.1, 0.15) is 25.0 Å². The number of nitrogens with two attached hydrogens (primary N) is 1. The van der Waals surface area contributed by atoms with Gasteiger partial charge in [0, 0.05) is 24.2 Å². The quantitative estimate of drug-likeness (QED) is 0.836. The third-order valence-electron chi connectivity index (χ3n) is 2.98. The van der Waals surface area contributed by atoms with E-state index < -0.39 is 0 Å². The van der Waals surface area contributed by atoms with Crippen LogP contribution in [0.4, 0.5) is 4.39 Å². The maximum absolute atomic E-state index is 14.0. The van der Waals surface area contributed by atoms with Gasteiger partial charge in [0.25, 0.3) is 0 Å². The first-order chi connectivity index (χ1) is 9.60. The number of hydrogen-bond acceptors (Lipinski definition) is 3. The Balaban J connectivity index is 2.79. The lowest BCUT2D eigenvalue weighted by atomic mass is 10.1. The zero-order chi connectivity index (χ0) is 15.0. The highest BCUT2D eigenvalue weighted by Gasteiger charge is 2.11. The van der Waals surface area contributed by atoms with Crippen LogP contribution in [0.5, 0.6) is 0 Å². The molecule has 0 spiro atoms. The summed E-state index contributed by atoms with van der Waals surface area (Å²) in [5.41, 5.74) is 6.54. The summed E-state index contributed by atoms with van der Waals surface area (Å²) < 4.78 is 14.0. The number of rotatable bonds is 5. The molecule has 0 aliphatic heterocycles. The monoisotopic (exact) mass is 273 g/mol. The van der Waals surface area contributed by atoms with E-state index >= 15 is 0 Å². The Morgan fingerprint density at radius 2 is 2.20 bits per heavy atom. The molecule has 20 heavy (non-hydrogen) atoms. The van der Waals surface area contributed by atoms with Gasteiger partial charge in [0.05, 0.1) is 18.5 Å². The van der Waals surface area contributed by atoms with Crippen molar-refractivity contribution in [2.75, 3.05) is 19.6 Å². The highest BCUT2D eigenvalue weighted by atomic mass is 19.1. The lowest BCUT2D eigenvalue weighted by Gasteiger charge is -2.21. The molecule has 1 aromatic rings. The van der Waals surface area contributed by atoms with E-state index in [1.807, 2.05) is 13.8 Å². The molecule has 0 aliphatic rings. The second-order valence-electron chi connectivity index (χ2n) is 4.67. The van der Waals surface area contributed by atoms with Gasteiger partial charge in [-0.25, -0.2) is 4.39 Å². The number of benzene rings is 1. The molecule has 1 unspecified atom stereocenters. The van der Waals surface area contributed by atoms with Crippen molar-refractivity contribution in [2.24, 2.45) is 11.7 Å².